The first-order valence-corrected chi connectivity index (χ1v) is 9.41. The highest BCUT2D eigenvalue weighted by molar-refractivity contribution is 5.94. The summed E-state index contributed by atoms with van der Waals surface area (Å²) in [5, 5.41) is 13.6. The first kappa shape index (κ1) is 21.5. The average Bonchev–Trinajstić information content (AvgIpc) is 2.88. The number of rotatable bonds is 8. The molecule has 3 atom stereocenters. The summed E-state index contributed by atoms with van der Waals surface area (Å²) < 4.78 is 5.02. The van der Waals surface area contributed by atoms with Crippen molar-refractivity contribution in [2.24, 2.45) is 17.8 Å². The van der Waals surface area contributed by atoms with Crippen molar-refractivity contribution in [3.8, 4) is 0 Å². The van der Waals surface area contributed by atoms with E-state index in [1.54, 1.807) is 6.92 Å². The molecule has 0 unspecified atom stereocenters. The molecule has 0 heterocycles. The molecule has 1 fully saturated rings. The van der Waals surface area contributed by atoms with E-state index in [4.69, 9.17) is 4.74 Å². The van der Waals surface area contributed by atoms with Crippen LogP contribution in [-0.4, -0.2) is 35.7 Å². The molecule has 0 radical (unpaired) electrons. The largest absolute Gasteiger partial charge is 0.456 e. The minimum Gasteiger partial charge on any atom is -0.456 e. The Morgan fingerprint density at radius 3 is 2.71 bits per heavy atom. The van der Waals surface area contributed by atoms with Crippen LogP contribution >= 0.6 is 0 Å². The van der Waals surface area contributed by atoms with Crippen molar-refractivity contribution >= 4 is 23.3 Å². The molecule has 1 aliphatic rings. The van der Waals surface area contributed by atoms with Gasteiger partial charge in [-0.1, -0.05) is 32.0 Å². The van der Waals surface area contributed by atoms with Gasteiger partial charge in [-0.2, -0.15) is 0 Å². The molecule has 1 aromatic rings. The number of ketones is 1. The minimum absolute atomic E-state index is 0.146. The van der Waals surface area contributed by atoms with Crippen LogP contribution in [0.3, 0.4) is 0 Å². The maximum atomic E-state index is 12.2. The SMILES string of the molecule is CCc1cccc(C)c1NC(=O)COC(=O)C[C@@H]1C(=O)C[C@@H](C)[C@H]1C[N+](=O)[O-]. The number of aryl methyl sites for hydroxylation is 2. The molecule has 8 nitrogen and oxygen atoms in total. The van der Waals surface area contributed by atoms with E-state index < -0.39 is 35.2 Å². The van der Waals surface area contributed by atoms with E-state index >= 15 is 0 Å². The van der Waals surface area contributed by atoms with Crippen molar-refractivity contribution in [1.29, 1.82) is 0 Å². The smallest absolute Gasteiger partial charge is 0.307 e. The number of carbonyl (C=O) groups excluding carboxylic acids is 3. The maximum Gasteiger partial charge on any atom is 0.307 e. The van der Waals surface area contributed by atoms with Crippen molar-refractivity contribution in [2.45, 2.75) is 40.0 Å². The molecule has 28 heavy (non-hydrogen) atoms. The topological polar surface area (TPSA) is 116 Å². The molecule has 2 rings (SSSR count). The Balaban J connectivity index is 1.91. The monoisotopic (exact) mass is 390 g/mol. The molecule has 152 valence electrons. The van der Waals surface area contributed by atoms with Crippen molar-refractivity contribution in [1.82, 2.24) is 0 Å². The highest BCUT2D eigenvalue weighted by Crippen LogP contribution is 2.36. The Kier molecular flexibility index (Phi) is 7.25. The van der Waals surface area contributed by atoms with Crippen molar-refractivity contribution in [3.05, 3.63) is 39.4 Å². The molecule has 8 heteroatoms. The van der Waals surface area contributed by atoms with Crippen LogP contribution in [0.25, 0.3) is 0 Å². The van der Waals surface area contributed by atoms with Crippen LogP contribution in [0.2, 0.25) is 0 Å². The number of hydrogen-bond donors (Lipinski definition) is 1. The molecular weight excluding hydrogens is 364 g/mol. The lowest BCUT2D eigenvalue weighted by Crippen LogP contribution is -2.28. The van der Waals surface area contributed by atoms with Gasteiger partial charge in [0, 0.05) is 28.9 Å². The first-order chi connectivity index (χ1) is 13.2. The molecule has 1 N–H and O–H groups in total. The molecule has 1 amide bonds. The third-order valence-electron chi connectivity index (χ3n) is 5.30. The number of nitrogens with zero attached hydrogens (tertiary/aromatic N) is 1. The van der Waals surface area contributed by atoms with Gasteiger partial charge in [-0.3, -0.25) is 24.5 Å². The standard InChI is InChI=1S/C20H26N2O6/c1-4-14-7-5-6-12(2)20(14)21-18(24)11-28-19(25)9-15-16(10-22(26)27)13(3)8-17(15)23/h5-7,13,15-16H,4,8-11H2,1-3H3,(H,21,24)/t13-,15+,16-/m1/s1. The summed E-state index contributed by atoms with van der Waals surface area (Å²) in [6, 6.07) is 5.70. The minimum atomic E-state index is -0.723. The Morgan fingerprint density at radius 2 is 2.07 bits per heavy atom. The fraction of sp³-hybridized carbons (Fsp3) is 0.550. The lowest BCUT2D eigenvalue weighted by Gasteiger charge is -2.17. The molecule has 0 spiro atoms. The van der Waals surface area contributed by atoms with Crippen LogP contribution < -0.4 is 5.32 Å². The lowest BCUT2D eigenvalue weighted by molar-refractivity contribution is -0.490. The molecule has 0 aromatic heterocycles. The second kappa shape index (κ2) is 9.43. The van der Waals surface area contributed by atoms with Gasteiger partial charge in [0.2, 0.25) is 6.54 Å². The summed E-state index contributed by atoms with van der Waals surface area (Å²) in [7, 11) is 0. The number of nitrogens with one attached hydrogen (secondary N) is 1. The summed E-state index contributed by atoms with van der Waals surface area (Å²) >= 11 is 0. The Hall–Kier alpha value is -2.77. The summed E-state index contributed by atoms with van der Waals surface area (Å²) in [5.41, 5.74) is 2.59. The molecule has 1 aliphatic carbocycles. The number of benzene rings is 1. The number of amides is 1. The van der Waals surface area contributed by atoms with Gasteiger partial charge in [0.25, 0.3) is 5.91 Å². The van der Waals surface area contributed by atoms with Crippen LogP contribution in [0, 0.1) is 34.8 Å². The summed E-state index contributed by atoms with van der Waals surface area (Å²) in [6.45, 7) is 4.82. The number of ether oxygens (including phenoxy) is 1. The van der Waals surface area contributed by atoms with Crippen molar-refractivity contribution < 1.29 is 24.0 Å². The first-order valence-electron chi connectivity index (χ1n) is 9.41. The number of carbonyl (C=O) groups is 3. The van der Waals surface area contributed by atoms with Gasteiger partial charge in [-0.25, -0.2) is 0 Å². The van der Waals surface area contributed by atoms with Crippen LogP contribution in [0.5, 0.6) is 0 Å². The van der Waals surface area contributed by atoms with Crippen LogP contribution in [-0.2, 0) is 25.5 Å². The van der Waals surface area contributed by atoms with Crippen LogP contribution in [0.1, 0.15) is 37.8 Å². The molecule has 0 aliphatic heterocycles. The van der Waals surface area contributed by atoms with Gasteiger partial charge in [-0.15, -0.1) is 0 Å². The second-order valence-electron chi connectivity index (χ2n) is 7.31. The summed E-state index contributed by atoms with van der Waals surface area (Å²) in [4.78, 5) is 46.7. The number of nitro groups is 1. The molecule has 0 saturated heterocycles. The molecule has 0 bridgehead atoms. The summed E-state index contributed by atoms with van der Waals surface area (Å²) in [5.74, 6) is -2.68. The maximum absolute atomic E-state index is 12.2. The predicted octanol–water partition coefficient (Wildman–Crippen LogP) is 2.55. The molecule has 1 saturated carbocycles. The Bertz CT molecular complexity index is 776. The van der Waals surface area contributed by atoms with Gasteiger partial charge in [0.05, 0.1) is 6.42 Å². The fourth-order valence-electron chi connectivity index (χ4n) is 3.76. The zero-order valence-corrected chi connectivity index (χ0v) is 16.4. The normalized spacial score (nSPS) is 21.4. The molecule has 1 aromatic carbocycles. The van der Waals surface area contributed by atoms with E-state index in [1.807, 2.05) is 32.0 Å². The predicted molar refractivity (Wildman–Crippen MR) is 102 cm³/mol. The lowest BCUT2D eigenvalue weighted by atomic mass is 9.88. The van der Waals surface area contributed by atoms with Crippen molar-refractivity contribution in [2.75, 3.05) is 18.5 Å². The van der Waals surface area contributed by atoms with E-state index in [0.29, 0.717) is 5.69 Å². The zero-order chi connectivity index (χ0) is 20.8. The van der Waals surface area contributed by atoms with E-state index in [9.17, 15) is 24.5 Å². The van der Waals surface area contributed by atoms with Gasteiger partial charge >= 0.3 is 5.97 Å². The molecular formula is C20H26N2O6. The average molecular weight is 390 g/mol. The summed E-state index contributed by atoms with van der Waals surface area (Å²) in [6.07, 6.45) is 0.737. The van der Waals surface area contributed by atoms with E-state index in [1.165, 1.54) is 0 Å². The Labute approximate surface area is 163 Å². The number of esters is 1. The number of anilines is 1. The van der Waals surface area contributed by atoms with Gasteiger partial charge in [0.15, 0.2) is 6.61 Å². The number of Topliss-reactive ketones (excluding diaryl/α,β-unsaturated/α-hetero) is 1. The van der Waals surface area contributed by atoms with Crippen molar-refractivity contribution in [3.63, 3.8) is 0 Å². The Morgan fingerprint density at radius 1 is 1.36 bits per heavy atom. The zero-order valence-electron chi connectivity index (χ0n) is 16.4. The van der Waals surface area contributed by atoms with E-state index in [0.717, 1.165) is 17.5 Å². The number of para-hydroxylation sites is 1. The number of hydrogen-bond acceptors (Lipinski definition) is 6. The third kappa shape index (κ3) is 5.37. The van der Waals surface area contributed by atoms with Gasteiger partial charge in [-0.05, 0) is 30.4 Å². The van der Waals surface area contributed by atoms with E-state index in [2.05, 4.69) is 5.32 Å². The van der Waals surface area contributed by atoms with Crippen LogP contribution in [0.15, 0.2) is 18.2 Å². The van der Waals surface area contributed by atoms with Crippen LogP contribution in [0.4, 0.5) is 5.69 Å². The van der Waals surface area contributed by atoms with E-state index in [-0.39, 0.29) is 31.1 Å². The quantitative estimate of drug-likeness (QED) is 0.414. The highest BCUT2D eigenvalue weighted by Gasteiger charge is 2.44. The van der Waals surface area contributed by atoms with Gasteiger partial charge < -0.3 is 10.1 Å². The fourth-order valence-corrected chi connectivity index (χ4v) is 3.76. The highest BCUT2D eigenvalue weighted by atomic mass is 16.6. The van der Waals surface area contributed by atoms with Gasteiger partial charge in [0.1, 0.15) is 5.78 Å². The third-order valence-corrected chi connectivity index (χ3v) is 5.30. The second-order valence-corrected chi connectivity index (χ2v) is 7.31.